The number of rotatable bonds is 3. The summed E-state index contributed by atoms with van der Waals surface area (Å²) in [7, 11) is 0. The quantitative estimate of drug-likeness (QED) is 0.545. The molecular weight excluding hydrogens is 233 g/mol. The van der Waals surface area contributed by atoms with Crippen molar-refractivity contribution in [1.82, 2.24) is 7.88 Å². The maximum atomic E-state index is 5.18. The van der Waals surface area contributed by atoms with Crippen molar-refractivity contribution >= 4 is 98.5 Å². The van der Waals surface area contributed by atoms with E-state index in [-0.39, 0.29) is 51.4 Å². The van der Waals surface area contributed by atoms with Gasteiger partial charge in [-0.3, -0.25) is 0 Å². The predicted octanol–water partition coefficient (Wildman–Crippen LogP) is 1.82. The first-order valence-electron chi connectivity index (χ1n) is 1.81. The molecule has 2 nitrogen and oxygen atoms in total. The topological polar surface area (TPSA) is 6.48 Å². The molecule has 0 atom stereocenters. The first-order valence-corrected chi connectivity index (χ1v) is 3.16. The minimum absolute atomic E-state index is 0. The molecule has 0 aliphatic carbocycles. The van der Waals surface area contributed by atoms with Crippen LogP contribution in [0.5, 0.6) is 0 Å². The summed E-state index contributed by atoms with van der Waals surface area (Å²) in [6.45, 7) is 0.826. The molecule has 0 aliphatic rings. The van der Waals surface area contributed by atoms with Gasteiger partial charge in [-0.1, -0.05) is 0 Å². The van der Waals surface area contributed by atoms with Crippen molar-refractivity contribution in [3.05, 3.63) is 0 Å². The van der Waals surface area contributed by atoms with Crippen LogP contribution in [0, 0.1) is 0 Å². The van der Waals surface area contributed by atoms with Crippen LogP contribution in [0.2, 0.25) is 0 Å². The molecule has 0 bridgehead atoms. The molecule has 0 saturated heterocycles. The molecule has 0 aromatic heterocycles. The summed E-state index contributed by atoms with van der Waals surface area (Å²) in [5.74, 6) is 0. The van der Waals surface area contributed by atoms with Crippen LogP contribution in [0.15, 0.2) is 0 Å². The SMILES string of the molecule is ClN(Cl)CCN(Cl)Cl.[K]. The Bertz CT molecular complexity index is 52.5. The molecule has 0 saturated carbocycles. The second kappa shape index (κ2) is 8.81. The molecule has 0 N–H and O–H groups in total. The van der Waals surface area contributed by atoms with Crippen molar-refractivity contribution < 1.29 is 0 Å². The molecule has 0 aliphatic heterocycles. The van der Waals surface area contributed by atoms with Crippen LogP contribution in [0.1, 0.15) is 0 Å². The van der Waals surface area contributed by atoms with Gasteiger partial charge in [0.1, 0.15) is 0 Å². The second-order valence-corrected chi connectivity index (χ2v) is 3.03. The molecule has 0 heterocycles. The Morgan fingerprint density at radius 2 is 1.00 bits per heavy atom. The zero-order valence-corrected chi connectivity index (χ0v) is 11.0. The Morgan fingerprint density at radius 3 is 1.11 bits per heavy atom. The molecule has 0 amide bonds. The van der Waals surface area contributed by atoms with Crippen molar-refractivity contribution in [3.8, 4) is 0 Å². The van der Waals surface area contributed by atoms with Crippen LogP contribution in [0.4, 0.5) is 0 Å². The van der Waals surface area contributed by atoms with E-state index in [1.165, 1.54) is 0 Å². The molecule has 0 rings (SSSR count). The Labute approximate surface area is 117 Å². The van der Waals surface area contributed by atoms with Gasteiger partial charge >= 0.3 is 0 Å². The molecule has 9 heavy (non-hydrogen) atoms. The van der Waals surface area contributed by atoms with Crippen LogP contribution in [-0.2, 0) is 0 Å². The van der Waals surface area contributed by atoms with Gasteiger partial charge < -0.3 is 0 Å². The summed E-state index contributed by atoms with van der Waals surface area (Å²) in [5, 5.41) is 0. The molecular formula is C2H4Cl4KN2. The van der Waals surface area contributed by atoms with Gasteiger partial charge in [0.05, 0.1) is 0 Å². The number of halogens is 4. The van der Waals surface area contributed by atoms with Crippen LogP contribution in [-0.4, -0.2) is 72.4 Å². The van der Waals surface area contributed by atoms with E-state index in [1.807, 2.05) is 0 Å². The van der Waals surface area contributed by atoms with Crippen LogP contribution >= 0.6 is 47.1 Å². The third-order valence-corrected chi connectivity index (χ3v) is 1.11. The summed E-state index contributed by atoms with van der Waals surface area (Å²) >= 11 is 20.7. The number of hydrogen-bond donors (Lipinski definition) is 0. The van der Waals surface area contributed by atoms with Crippen molar-refractivity contribution in [3.63, 3.8) is 0 Å². The maximum Gasteiger partial charge on any atom is 0.0458 e. The fourth-order valence-corrected chi connectivity index (χ4v) is 0.454. The zero-order chi connectivity index (χ0) is 6.57. The average molecular weight is 237 g/mol. The maximum absolute atomic E-state index is 5.18. The number of hydrogen-bond acceptors (Lipinski definition) is 2. The van der Waals surface area contributed by atoms with Gasteiger partial charge in [0.25, 0.3) is 0 Å². The third kappa shape index (κ3) is 13.7. The molecule has 7 heteroatoms. The molecule has 0 unspecified atom stereocenters. The molecule has 0 spiro atoms. The van der Waals surface area contributed by atoms with Crippen LogP contribution < -0.4 is 0 Å². The van der Waals surface area contributed by atoms with E-state index in [0.717, 1.165) is 7.88 Å². The van der Waals surface area contributed by atoms with E-state index in [0.29, 0.717) is 13.1 Å². The van der Waals surface area contributed by atoms with E-state index in [1.54, 1.807) is 0 Å². The van der Waals surface area contributed by atoms with Crippen molar-refractivity contribution in [2.75, 3.05) is 13.1 Å². The van der Waals surface area contributed by atoms with E-state index in [2.05, 4.69) is 0 Å². The minimum atomic E-state index is 0. The summed E-state index contributed by atoms with van der Waals surface area (Å²) in [6, 6.07) is 0. The zero-order valence-electron chi connectivity index (χ0n) is 4.82. The van der Waals surface area contributed by atoms with Crippen molar-refractivity contribution in [2.45, 2.75) is 0 Å². The smallest absolute Gasteiger partial charge is 0.0458 e. The summed E-state index contributed by atoms with van der Waals surface area (Å²) in [4.78, 5) is 0. The largest absolute Gasteiger partial charge is 0.130 e. The Morgan fingerprint density at radius 1 is 0.778 bits per heavy atom. The Kier molecular flexibility index (Phi) is 14.0. The summed E-state index contributed by atoms with van der Waals surface area (Å²) in [5.41, 5.74) is 0. The predicted molar refractivity (Wildman–Crippen MR) is 42.6 cm³/mol. The van der Waals surface area contributed by atoms with E-state index in [4.69, 9.17) is 47.1 Å². The third-order valence-electron chi connectivity index (χ3n) is 0.438. The normalized spacial score (nSPS) is 10.0. The van der Waals surface area contributed by atoms with Gasteiger partial charge in [0.2, 0.25) is 0 Å². The molecule has 51 valence electrons. The standard InChI is InChI=1S/C2H4Cl4N2.K/c3-7(4)1-2-8(5)6;/h1-2H2;. The van der Waals surface area contributed by atoms with E-state index < -0.39 is 0 Å². The fraction of sp³-hybridized carbons (Fsp3) is 1.00. The van der Waals surface area contributed by atoms with Gasteiger partial charge in [-0.25, -0.2) is 0 Å². The first-order chi connectivity index (χ1) is 3.63. The average Bonchev–Trinajstić information content (AvgIpc) is 1.61. The van der Waals surface area contributed by atoms with Gasteiger partial charge in [-0.2, -0.15) is 0 Å². The second-order valence-electron chi connectivity index (χ2n) is 1.05. The summed E-state index contributed by atoms with van der Waals surface area (Å²) in [6.07, 6.45) is 0. The van der Waals surface area contributed by atoms with Crippen LogP contribution in [0.25, 0.3) is 0 Å². The molecule has 1 radical (unpaired) electrons. The Hall–Kier alpha value is 2.72. The van der Waals surface area contributed by atoms with Gasteiger partial charge in [-0.15, -0.1) is 7.88 Å². The van der Waals surface area contributed by atoms with E-state index >= 15 is 0 Å². The monoisotopic (exact) mass is 235 g/mol. The van der Waals surface area contributed by atoms with Crippen LogP contribution in [0.3, 0.4) is 0 Å². The molecule has 0 aromatic carbocycles. The summed E-state index contributed by atoms with van der Waals surface area (Å²) < 4.78 is 1.91. The van der Waals surface area contributed by atoms with Crippen molar-refractivity contribution in [1.29, 1.82) is 0 Å². The van der Waals surface area contributed by atoms with Gasteiger partial charge in [0, 0.05) is 64.5 Å². The minimum Gasteiger partial charge on any atom is -0.130 e. The van der Waals surface area contributed by atoms with E-state index in [9.17, 15) is 0 Å². The molecule has 0 fully saturated rings. The first kappa shape index (κ1) is 14.3. The van der Waals surface area contributed by atoms with Crippen molar-refractivity contribution in [2.24, 2.45) is 0 Å². The fourth-order valence-electron chi connectivity index (χ4n) is 0.151. The Balaban J connectivity index is 0. The number of nitrogens with zero attached hydrogens (tertiary/aromatic N) is 2. The van der Waals surface area contributed by atoms with Gasteiger partial charge in [-0.05, 0) is 47.1 Å². The van der Waals surface area contributed by atoms with Gasteiger partial charge in [0.15, 0.2) is 0 Å². The molecule has 0 aromatic rings.